The number of pyridine rings is 1. The molecule has 0 spiro atoms. The van der Waals surface area contributed by atoms with E-state index in [4.69, 9.17) is 5.11 Å². The highest BCUT2D eigenvalue weighted by Crippen LogP contribution is 2.30. The first-order chi connectivity index (χ1) is 11.6. The van der Waals surface area contributed by atoms with E-state index >= 15 is 0 Å². The van der Waals surface area contributed by atoms with Gasteiger partial charge in [-0.05, 0) is 37.1 Å². The summed E-state index contributed by atoms with van der Waals surface area (Å²) >= 11 is 0. The number of nitrogens with zero attached hydrogens (tertiary/aromatic N) is 2. The van der Waals surface area contributed by atoms with Gasteiger partial charge in [0.25, 0.3) is 0 Å². The third kappa shape index (κ3) is 2.74. The van der Waals surface area contributed by atoms with Gasteiger partial charge in [0.2, 0.25) is 5.91 Å². The van der Waals surface area contributed by atoms with Crippen molar-refractivity contribution in [1.29, 1.82) is 0 Å². The molecular weight excluding hydrogens is 306 g/mol. The highest BCUT2D eigenvalue weighted by atomic mass is 16.4. The zero-order valence-electron chi connectivity index (χ0n) is 12.8. The Hall–Kier alpha value is -3.15. The predicted octanol–water partition coefficient (Wildman–Crippen LogP) is 3.05. The first-order valence-corrected chi connectivity index (χ1v) is 7.73. The van der Waals surface area contributed by atoms with E-state index in [9.17, 15) is 9.59 Å². The quantitative estimate of drug-likeness (QED) is 0.773. The van der Waals surface area contributed by atoms with E-state index in [-0.39, 0.29) is 17.4 Å². The maximum Gasteiger partial charge on any atom is 0.337 e. The Balaban J connectivity index is 1.59. The van der Waals surface area contributed by atoms with Crippen LogP contribution < -0.4 is 5.32 Å². The van der Waals surface area contributed by atoms with Crippen molar-refractivity contribution >= 4 is 23.2 Å². The molecule has 120 valence electrons. The molecule has 1 saturated carbocycles. The summed E-state index contributed by atoms with van der Waals surface area (Å²) in [5, 5.41) is 11.9. The van der Waals surface area contributed by atoms with E-state index < -0.39 is 5.97 Å². The number of carboxylic acids is 1. The normalized spacial score (nSPS) is 13.8. The molecule has 0 unspecified atom stereocenters. The molecule has 0 radical (unpaired) electrons. The number of fused-ring (bicyclic) bond motifs is 1. The lowest BCUT2D eigenvalue weighted by Gasteiger charge is -2.04. The fourth-order valence-electron chi connectivity index (χ4n) is 2.57. The van der Waals surface area contributed by atoms with Crippen molar-refractivity contribution in [1.82, 2.24) is 9.38 Å². The summed E-state index contributed by atoms with van der Waals surface area (Å²) in [7, 11) is 0. The minimum Gasteiger partial charge on any atom is -0.478 e. The zero-order chi connectivity index (χ0) is 16.7. The number of hydrogen-bond acceptors (Lipinski definition) is 3. The van der Waals surface area contributed by atoms with Gasteiger partial charge in [0.05, 0.1) is 11.3 Å². The van der Waals surface area contributed by atoms with Crippen LogP contribution in [0.5, 0.6) is 0 Å². The van der Waals surface area contributed by atoms with Gasteiger partial charge in [-0.1, -0.05) is 12.1 Å². The van der Waals surface area contributed by atoms with Gasteiger partial charge in [-0.15, -0.1) is 0 Å². The maximum atomic E-state index is 11.8. The van der Waals surface area contributed by atoms with Gasteiger partial charge in [0, 0.05) is 29.6 Å². The lowest BCUT2D eigenvalue weighted by atomic mass is 10.1. The van der Waals surface area contributed by atoms with Crippen LogP contribution in [0.2, 0.25) is 0 Å². The number of carboxylic acid groups (broad SMARTS) is 1. The summed E-state index contributed by atoms with van der Waals surface area (Å²) in [4.78, 5) is 27.3. The second-order valence-electron chi connectivity index (χ2n) is 5.96. The average Bonchev–Trinajstić information content (AvgIpc) is 3.34. The van der Waals surface area contributed by atoms with E-state index in [1.165, 1.54) is 6.07 Å². The van der Waals surface area contributed by atoms with E-state index in [2.05, 4.69) is 10.3 Å². The minimum atomic E-state index is -0.970. The van der Waals surface area contributed by atoms with Crippen molar-refractivity contribution < 1.29 is 14.7 Å². The lowest BCUT2D eigenvalue weighted by Crippen LogP contribution is -2.12. The monoisotopic (exact) mass is 321 g/mol. The van der Waals surface area contributed by atoms with Gasteiger partial charge < -0.3 is 14.8 Å². The number of rotatable bonds is 4. The molecule has 0 saturated heterocycles. The molecule has 2 heterocycles. The highest BCUT2D eigenvalue weighted by Gasteiger charge is 2.29. The van der Waals surface area contributed by atoms with Gasteiger partial charge in [-0.2, -0.15) is 0 Å². The summed E-state index contributed by atoms with van der Waals surface area (Å²) < 4.78 is 1.70. The van der Waals surface area contributed by atoms with E-state index in [0.29, 0.717) is 5.65 Å². The zero-order valence-corrected chi connectivity index (χ0v) is 12.8. The Morgan fingerprint density at radius 3 is 2.50 bits per heavy atom. The summed E-state index contributed by atoms with van der Waals surface area (Å²) in [6, 6.07) is 10.7. The van der Waals surface area contributed by atoms with Crippen LogP contribution in [0.15, 0.2) is 48.8 Å². The molecule has 1 fully saturated rings. The fraction of sp³-hybridized carbons (Fsp3) is 0.167. The fourth-order valence-corrected chi connectivity index (χ4v) is 2.57. The molecule has 0 bridgehead atoms. The number of amides is 1. The van der Waals surface area contributed by atoms with Crippen molar-refractivity contribution in [3.63, 3.8) is 0 Å². The summed E-state index contributed by atoms with van der Waals surface area (Å²) in [6.07, 6.45) is 5.28. The van der Waals surface area contributed by atoms with Gasteiger partial charge in [0.1, 0.15) is 5.65 Å². The molecule has 0 atom stereocenters. The number of carbonyl (C=O) groups excluding carboxylic acids is 1. The molecule has 1 aliphatic carbocycles. The van der Waals surface area contributed by atoms with Gasteiger partial charge in [-0.3, -0.25) is 4.79 Å². The standard InChI is InChI=1S/C18H15N3O3/c22-17(12-1-2-12)19-14-6-3-11(4-7-14)15-10-21-9-13(18(23)24)5-8-16(21)20-15/h3-10,12H,1-2H2,(H,19,22)(H,23,24). The number of carbonyl (C=O) groups is 2. The third-order valence-corrected chi connectivity index (χ3v) is 4.09. The molecule has 2 aromatic heterocycles. The maximum absolute atomic E-state index is 11.8. The van der Waals surface area contributed by atoms with Crippen LogP contribution in [0, 0.1) is 5.92 Å². The molecule has 0 aliphatic heterocycles. The number of benzene rings is 1. The van der Waals surface area contributed by atoms with Crippen LogP contribution in [0.1, 0.15) is 23.2 Å². The third-order valence-electron chi connectivity index (χ3n) is 4.09. The minimum absolute atomic E-state index is 0.0803. The van der Waals surface area contributed by atoms with Crippen molar-refractivity contribution in [2.45, 2.75) is 12.8 Å². The van der Waals surface area contributed by atoms with Gasteiger partial charge in [-0.25, -0.2) is 9.78 Å². The smallest absolute Gasteiger partial charge is 0.337 e. The molecule has 2 N–H and O–H groups in total. The summed E-state index contributed by atoms with van der Waals surface area (Å²) in [6.45, 7) is 0. The molecule has 1 amide bonds. The Morgan fingerprint density at radius 1 is 1.08 bits per heavy atom. The SMILES string of the molecule is O=C(O)c1ccc2nc(-c3ccc(NC(=O)C4CC4)cc3)cn2c1. The number of anilines is 1. The van der Waals surface area contributed by atoms with Crippen LogP contribution in [0.4, 0.5) is 5.69 Å². The van der Waals surface area contributed by atoms with E-state index in [1.807, 2.05) is 24.3 Å². The Bertz CT molecular complexity index is 940. The first kappa shape index (κ1) is 14.4. The molecule has 1 aromatic carbocycles. The van der Waals surface area contributed by atoms with Crippen molar-refractivity contribution in [2.75, 3.05) is 5.32 Å². The number of aromatic carboxylic acids is 1. The van der Waals surface area contributed by atoms with E-state index in [1.54, 1.807) is 22.9 Å². The molecule has 6 heteroatoms. The number of imidazole rings is 1. The van der Waals surface area contributed by atoms with Crippen molar-refractivity contribution in [3.05, 3.63) is 54.4 Å². The van der Waals surface area contributed by atoms with Crippen LogP contribution in [0.3, 0.4) is 0 Å². The van der Waals surface area contributed by atoms with Crippen LogP contribution in [-0.4, -0.2) is 26.4 Å². The Kier molecular flexibility index (Phi) is 3.30. The van der Waals surface area contributed by atoms with Crippen LogP contribution in [-0.2, 0) is 4.79 Å². The lowest BCUT2D eigenvalue weighted by molar-refractivity contribution is -0.117. The molecule has 1 aliphatic rings. The van der Waals surface area contributed by atoms with Crippen molar-refractivity contribution in [2.24, 2.45) is 5.92 Å². The van der Waals surface area contributed by atoms with Crippen molar-refractivity contribution in [3.8, 4) is 11.3 Å². The first-order valence-electron chi connectivity index (χ1n) is 7.73. The number of hydrogen-bond donors (Lipinski definition) is 2. The molecule has 24 heavy (non-hydrogen) atoms. The molecular formula is C18H15N3O3. The van der Waals surface area contributed by atoms with Crippen LogP contribution >= 0.6 is 0 Å². The predicted molar refractivity (Wildman–Crippen MR) is 88.9 cm³/mol. The number of nitrogens with one attached hydrogen (secondary N) is 1. The number of aromatic nitrogens is 2. The van der Waals surface area contributed by atoms with E-state index in [0.717, 1.165) is 29.8 Å². The molecule has 4 rings (SSSR count). The van der Waals surface area contributed by atoms with Gasteiger partial charge >= 0.3 is 5.97 Å². The largest absolute Gasteiger partial charge is 0.478 e. The average molecular weight is 321 g/mol. The second-order valence-corrected chi connectivity index (χ2v) is 5.96. The summed E-state index contributed by atoms with van der Waals surface area (Å²) in [5.74, 6) is -0.717. The van der Waals surface area contributed by atoms with Gasteiger partial charge in [0.15, 0.2) is 0 Å². The summed E-state index contributed by atoms with van der Waals surface area (Å²) in [5.41, 5.74) is 3.32. The molecule has 6 nitrogen and oxygen atoms in total. The Morgan fingerprint density at radius 2 is 1.83 bits per heavy atom. The van der Waals surface area contributed by atoms with Crippen LogP contribution in [0.25, 0.3) is 16.9 Å². The topological polar surface area (TPSA) is 83.7 Å². The second kappa shape index (κ2) is 5.49. The Labute approximate surface area is 137 Å². The highest BCUT2D eigenvalue weighted by molar-refractivity contribution is 5.94. The molecule has 3 aromatic rings.